The van der Waals surface area contributed by atoms with E-state index < -0.39 is 0 Å². The summed E-state index contributed by atoms with van der Waals surface area (Å²) in [6, 6.07) is 6.87. The topological polar surface area (TPSA) is 34.4 Å². The Hall–Kier alpha value is -1.39. The van der Waals surface area contributed by atoms with Crippen molar-refractivity contribution in [3.05, 3.63) is 35.8 Å². The van der Waals surface area contributed by atoms with Crippen LogP contribution in [-0.2, 0) is 4.74 Å². The van der Waals surface area contributed by atoms with E-state index in [0.29, 0.717) is 5.58 Å². The van der Waals surface area contributed by atoms with Crippen molar-refractivity contribution in [3.63, 3.8) is 0 Å². The lowest BCUT2D eigenvalue weighted by Gasteiger charge is -2.27. The molecule has 0 fully saturated rings. The molecular weight excluding hydrogens is 257 g/mol. The van der Waals surface area contributed by atoms with Gasteiger partial charge in [0, 0.05) is 12.5 Å². The highest BCUT2D eigenvalue weighted by Crippen LogP contribution is 2.31. The van der Waals surface area contributed by atoms with Gasteiger partial charge in [0.15, 0.2) is 11.4 Å². The molecule has 2 aromatic rings. The van der Waals surface area contributed by atoms with Crippen molar-refractivity contribution in [2.24, 2.45) is 0 Å². The summed E-state index contributed by atoms with van der Waals surface area (Å²) in [5.41, 5.74) is 0.0466. The maximum Gasteiger partial charge on any atom is 0.169 e. The van der Waals surface area contributed by atoms with E-state index in [1.54, 1.807) is 13.2 Å². The van der Waals surface area contributed by atoms with Gasteiger partial charge in [-0.3, -0.25) is 0 Å². The molecule has 1 aromatic heterocycles. The molecule has 0 bridgehead atoms. The van der Waals surface area contributed by atoms with Crippen LogP contribution in [0.5, 0.6) is 0 Å². The SMILES string of the molecule is CCNC(CC(C)(C)OC)c1cc2cccc(F)c2o1. The molecule has 20 heavy (non-hydrogen) atoms. The Morgan fingerprint density at radius 3 is 2.75 bits per heavy atom. The maximum absolute atomic E-state index is 13.7. The zero-order valence-electron chi connectivity index (χ0n) is 12.5. The largest absolute Gasteiger partial charge is 0.456 e. The van der Waals surface area contributed by atoms with Crippen LogP contribution in [0.25, 0.3) is 11.0 Å². The number of rotatable bonds is 6. The van der Waals surface area contributed by atoms with E-state index in [1.807, 2.05) is 32.9 Å². The molecule has 0 radical (unpaired) electrons. The minimum atomic E-state index is -0.324. The Balaban J connectivity index is 2.34. The number of hydrogen-bond acceptors (Lipinski definition) is 3. The molecule has 110 valence electrons. The Morgan fingerprint density at radius 1 is 1.40 bits per heavy atom. The average Bonchev–Trinajstić information content (AvgIpc) is 2.83. The van der Waals surface area contributed by atoms with Crippen LogP contribution in [0.3, 0.4) is 0 Å². The first-order valence-corrected chi connectivity index (χ1v) is 6.93. The zero-order chi connectivity index (χ0) is 14.8. The van der Waals surface area contributed by atoms with Crippen LogP contribution in [0.15, 0.2) is 28.7 Å². The molecule has 0 saturated heterocycles. The highest BCUT2D eigenvalue weighted by atomic mass is 19.1. The highest BCUT2D eigenvalue weighted by Gasteiger charge is 2.26. The molecule has 1 atom stereocenters. The quantitative estimate of drug-likeness (QED) is 0.866. The van der Waals surface area contributed by atoms with Crippen molar-refractivity contribution >= 4 is 11.0 Å². The number of para-hydroxylation sites is 1. The number of ether oxygens (including phenoxy) is 1. The molecule has 0 amide bonds. The zero-order valence-corrected chi connectivity index (χ0v) is 12.5. The molecule has 1 heterocycles. The van der Waals surface area contributed by atoms with Crippen LogP contribution in [0.4, 0.5) is 4.39 Å². The van der Waals surface area contributed by atoms with Crippen molar-refractivity contribution in [3.8, 4) is 0 Å². The van der Waals surface area contributed by atoms with Crippen molar-refractivity contribution in [2.75, 3.05) is 13.7 Å². The van der Waals surface area contributed by atoms with Crippen LogP contribution >= 0.6 is 0 Å². The highest BCUT2D eigenvalue weighted by molar-refractivity contribution is 5.78. The van der Waals surface area contributed by atoms with Gasteiger partial charge in [-0.1, -0.05) is 19.1 Å². The van der Waals surface area contributed by atoms with Gasteiger partial charge in [0.2, 0.25) is 0 Å². The summed E-state index contributed by atoms with van der Waals surface area (Å²) in [5, 5.41) is 4.16. The fourth-order valence-electron chi connectivity index (χ4n) is 2.31. The van der Waals surface area contributed by atoms with Crippen LogP contribution in [0, 0.1) is 5.82 Å². The number of furan rings is 1. The second-order valence-corrected chi connectivity index (χ2v) is 5.59. The second kappa shape index (κ2) is 5.94. The molecule has 1 N–H and O–H groups in total. The van der Waals surface area contributed by atoms with E-state index in [0.717, 1.165) is 24.1 Å². The number of methoxy groups -OCH3 is 1. The lowest BCUT2D eigenvalue weighted by atomic mass is 9.97. The molecule has 3 nitrogen and oxygen atoms in total. The molecule has 1 aromatic carbocycles. The van der Waals surface area contributed by atoms with Crippen molar-refractivity contribution in [1.29, 1.82) is 0 Å². The summed E-state index contributed by atoms with van der Waals surface area (Å²) in [6.45, 7) is 6.90. The lowest BCUT2D eigenvalue weighted by molar-refractivity contribution is 0.00528. The molecule has 1 unspecified atom stereocenters. The van der Waals surface area contributed by atoms with Crippen LogP contribution in [-0.4, -0.2) is 19.3 Å². The van der Waals surface area contributed by atoms with Gasteiger partial charge in [-0.25, -0.2) is 4.39 Å². The number of nitrogens with one attached hydrogen (secondary N) is 1. The number of fused-ring (bicyclic) bond motifs is 1. The van der Waals surface area contributed by atoms with Gasteiger partial charge in [0.25, 0.3) is 0 Å². The standard InChI is InChI=1S/C16H22FNO2/c1-5-18-13(10-16(2,3)19-4)14-9-11-7-6-8-12(17)15(11)20-14/h6-9,13,18H,5,10H2,1-4H3. The van der Waals surface area contributed by atoms with Gasteiger partial charge in [-0.05, 0) is 38.9 Å². The molecule has 0 aliphatic rings. The Bertz CT molecular complexity index is 577. The average molecular weight is 279 g/mol. The number of halogens is 1. The molecule has 0 spiro atoms. The van der Waals surface area contributed by atoms with Crippen LogP contribution in [0.1, 0.15) is 39.0 Å². The molecule has 0 aliphatic heterocycles. The van der Waals surface area contributed by atoms with Gasteiger partial charge in [-0.2, -0.15) is 0 Å². The van der Waals surface area contributed by atoms with E-state index in [9.17, 15) is 4.39 Å². The van der Waals surface area contributed by atoms with E-state index in [-0.39, 0.29) is 17.5 Å². The molecular formula is C16H22FNO2. The monoisotopic (exact) mass is 279 g/mol. The maximum atomic E-state index is 13.7. The first kappa shape index (κ1) is 15.0. The summed E-state index contributed by atoms with van der Waals surface area (Å²) in [5.74, 6) is 0.423. The van der Waals surface area contributed by atoms with E-state index in [1.165, 1.54) is 6.07 Å². The van der Waals surface area contributed by atoms with Crippen LogP contribution < -0.4 is 5.32 Å². The predicted octanol–water partition coefficient (Wildman–Crippen LogP) is 4.04. The van der Waals surface area contributed by atoms with Crippen molar-refractivity contribution < 1.29 is 13.5 Å². The summed E-state index contributed by atoms with van der Waals surface area (Å²) in [4.78, 5) is 0. The Morgan fingerprint density at radius 2 is 2.15 bits per heavy atom. The van der Waals surface area contributed by atoms with Crippen molar-refractivity contribution in [1.82, 2.24) is 5.32 Å². The second-order valence-electron chi connectivity index (χ2n) is 5.59. The van der Waals surface area contributed by atoms with Gasteiger partial charge >= 0.3 is 0 Å². The summed E-state index contributed by atoms with van der Waals surface area (Å²) < 4.78 is 24.9. The van der Waals surface area contributed by atoms with E-state index >= 15 is 0 Å². The fraction of sp³-hybridized carbons (Fsp3) is 0.500. The number of benzene rings is 1. The van der Waals surface area contributed by atoms with Gasteiger partial charge in [-0.15, -0.1) is 0 Å². The summed E-state index contributed by atoms with van der Waals surface area (Å²) in [6.07, 6.45) is 0.749. The third-order valence-corrected chi connectivity index (χ3v) is 3.56. The lowest BCUT2D eigenvalue weighted by Crippen LogP contribution is -2.31. The Labute approximate surface area is 119 Å². The third kappa shape index (κ3) is 3.19. The molecule has 0 saturated carbocycles. The van der Waals surface area contributed by atoms with Gasteiger partial charge in [0.1, 0.15) is 5.76 Å². The summed E-state index contributed by atoms with van der Waals surface area (Å²) >= 11 is 0. The smallest absolute Gasteiger partial charge is 0.169 e. The molecule has 4 heteroatoms. The third-order valence-electron chi connectivity index (χ3n) is 3.56. The Kier molecular flexibility index (Phi) is 4.45. The number of hydrogen-bond donors (Lipinski definition) is 1. The van der Waals surface area contributed by atoms with E-state index in [4.69, 9.17) is 9.15 Å². The summed E-state index contributed by atoms with van der Waals surface area (Å²) in [7, 11) is 1.70. The minimum absolute atomic E-state index is 0.00162. The fourth-order valence-corrected chi connectivity index (χ4v) is 2.31. The van der Waals surface area contributed by atoms with E-state index in [2.05, 4.69) is 5.32 Å². The predicted molar refractivity (Wildman–Crippen MR) is 78.3 cm³/mol. The van der Waals surface area contributed by atoms with Crippen molar-refractivity contribution in [2.45, 2.75) is 38.8 Å². The van der Waals surface area contributed by atoms with Crippen LogP contribution in [0.2, 0.25) is 0 Å². The first-order valence-electron chi connectivity index (χ1n) is 6.93. The van der Waals surface area contributed by atoms with Gasteiger partial charge < -0.3 is 14.5 Å². The van der Waals surface area contributed by atoms with Gasteiger partial charge in [0.05, 0.1) is 11.6 Å². The molecule has 0 aliphatic carbocycles. The minimum Gasteiger partial charge on any atom is -0.456 e. The normalized spacial score (nSPS) is 13.8. The first-order chi connectivity index (χ1) is 9.46. The molecule has 2 rings (SSSR count).